The molecule has 2 aromatic carbocycles. The fourth-order valence-electron chi connectivity index (χ4n) is 1.94. The van der Waals surface area contributed by atoms with E-state index in [-0.39, 0.29) is 4.90 Å². The minimum absolute atomic E-state index is 0.271. The van der Waals surface area contributed by atoms with E-state index in [4.69, 9.17) is 11.6 Å². The van der Waals surface area contributed by atoms with Crippen LogP contribution in [0.5, 0.6) is 0 Å². The number of hydrogen-bond acceptors (Lipinski definition) is 2. The van der Waals surface area contributed by atoms with Crippen LogP contribution in [0.1, 0.15) is 22.1 Å². The minimum Gasteiger partial charge on any atom is -0.224 e. The standard InChI is InChI=1S/C15H13Br2ClO2S/c1-9-6-14(17)12(8-13(9)16)15(18)10-4-3-5-11(7-10)21(2,19)20/h3-8,15H,1-2H3. The lowest BCUT2D eigenvalue weighted by Gasteiger charge is -2.15. The third kappa shape index (κ3) is 3.89. The lowest BCUT2D eigenvalue weighted by Crippen LogP contribution is -2.01. The Morgan fingerprint density at radius 1 is 1.10 bits per heavy atom. The zero-order chi connectivity index (χ0) is 15.8. The van der Waals surface area contributed by atoms with Crippen LogP contribution in [0.15, 0.2) is 50.2 Å². The quantitative estimate of drug-likeness (QED) is 0.596. The maximum absolute atomic E-state index is 11.7. The summed E-state index contributed by atoms with van der Waals surface area (Å²) in [5.41, 5.74) is 2.73. The molecule has 6 heteroatoms. The maximum Gasteiger partial charge on any atom is 0.175 e. The molecule has 1 atom stereocenters. The Morgan fingerprint density at radius 3 is 2.38 bits per heavy atom. The van der Waals surface area contributed by atoms with Gasteiger partial charge in [-0.25, -0.2) is 8.42 Å². The van der Waals surface area contributed by atoms with E-state index in [2.05, 4.69) is 31.9 Å². The van der Waals surface area contributed by atoms with Crippen molar-refractivity contribution in [2.75, 3.05) is 6.26 Å². The van der Waals surface area contributed by atoms with Crippen molar-refractivity contribution in [3.8, 4) is 0 Å². The molecule has 2 nitrogen and oxygen atoms in total. The SMILES string of the molecule is Cc1cc(Br)c(C(Cl)c2cccc(S(C)(=O)=O)c2)cc1Br. The molecular formula is C15H13Br2ClO2S. The van der Waals surface area contributed by atoms with Gasteiger partial charge in [0.2, 0.25) is 0 Å². The highest BCUT2D eigenvalue weighted by atomic mass is 79.9. The fourth-order valence-corrected chi connectivity index (χ4v) is 4.11. The lowest BCUT2D eigenvalue weighted by molar-refractivity contribution is 0.601. The van der Waals surface area contributed by atoms with Crippen LogP contribution in [0.2, 0.25) is 0 Å². The summed E-state index contributed by atoms with van der Waals surface area (Å²) in [7, 11) is -3.25. The summed E-state index contributed by atoms with van der Waals surface area (Å²) in [6.07, 6.45) is 1.19. The van der Waals surface area contributed by atoms with Gasteiger partial charge in [0.05, 0.1) is 10.3 Å². The van der Waals surface area contributed by atoms with Crippen molar-refractivity contribution in [3.63, 3.8) is 0 Å². The monoisotopic (exact) mass is 450 g/mol. The molecule has 0 aliphatic heterocycles. The van der Waals surface area contributed by atoms with Crippen molar-refractivity contribution in [3.05, 3.63) is 62.0 Å². The van der Waals surface area contributed by atoms with Gasteiger partial charge in [-0.05, 0) is 47.9 Å². The van der Waals surface area contributed by atoms with Crippen molar-refractivity contribution in [2.24, 2.45) is 0 Å². The van der Waals surface area contributed by atoms with E-state index in [1.54, 1.807) is 18.2 Å². The number of rotatable bonds is 3. The zero-order valence-electron chi connectivity index (χ0n) is 11.4. The van der Waals surface area contributed by atoms with E-state index in [1.807, 2.05) is 25.1 Å². The molecule has 1 unspecified atom stereocenters. The van der Waals surface area contributed by atoms with E-state index in [0.717, 1.165) is 25.6 Å². The maximum atomic E-state index is 11.7. The van der Waals surface area contributed by atoms with Crippen LogP contribution < -0.4 is 0 Å². The van der Waals surface area contributed by atoms with Crippen molar-refractivity contribution in [1.29, 1.82) is 0 Å². The first kappa shape index (κ1) is 17.0. The Kier molecular flexibility index (Phi) is 5.19. The number of aryl methyl sites for hydroxylation is 1. The molecule has 2 aromatic rings. The molecule has 21 heavy (non-hydrogen) atoms. The first-order valence-corrected chi connectivity index (χ1v) is 10.0. The molecule has 112 valence electrons. The summed E-state index contributed by atoms with van der Waals surface area (Å²) in [5.74, 6) is 0. The summed E-state index contributed by atoms with van der Waals surface area (Å²) >= 11 is 13.5. The van der Waals surface area contributed by atoms with Crippen molar-refractivity contribution in [2.45, 2.75) is 17.2 Å². The largest absolute Gasteiger partial charge is 0.224 e. The van der Waals surface area contributed by atoms with Gasteiger partial charge < -0.3 is 0 Å². The molecule has 0 saturated heterocycles. The van der Waals surface area contributed by atoms with E-state index in [0.29, 0.717) is 0 Å². The molecule has 0 N–H and O–H groups in total. The molecule has 0 aromatic heterocycles. The summed E-state index contributed by atoms with van der Waals surface area (Å²) < 4.78 is 25.2. The normalized spacial score (nSPS) is 13.2. The summed E-state index contributed by atoms with van der Waals surface area (Å²) in [5, 5.41) is -0.432. The summed E-state index contributed by atoms with van der Waals surface area (Å²) in [6.45, 7) is 1.99. The first-order valence-electron chi connectivity index (χ1n) is 6.10. The molecule has 0 amide bonds. The van der Waals surface area contributed by atoms with Crippen LogP contribution in [0.25, 0.3) is 0 Å². The Bertz CT molecular complexity index is 788. The topological polar surface area (TPSA) is 34.1 Å². The third-order valence-electron chi connectivity index (χ3n) is 3.13. The highest BCUT2D eigenvalue weighted by molar-refractivity contribution is 9.11. The van der Waals surface area contributed by atoms with Gasteiger partial charge in [0.15, 0.2) is 9.84 Å². The fraction of sp³-hybridized carbons (Fsp3) is 0.200. The second-order valence-corrected chi connectivity index (χ2v) is 8.99. The first-order chi connectivity index (χ1) is 9.70. The Labute approximate surface area is 146 Å². The van der Waals surface area contributed by atoms with E-state index < -0.39 is 15.2 Å². The Hall–Kier alpha value is -0.360. The van der Waals surface area contributed by atoms with E-state index in [1.165, 1.54) is 6.26 Å². The van der Waals surface area contributed by atoms with Crippen molar-refractivity contribution < 1.29 is 8.42 Å². The van der Waals surface area contributed by atoms with Gasteiger partial charge in [0, 0.05) is 15.2 Å². The number of halogens is 3. The van der Waals surface area contributed by atoms with Crippen LogP contribution in [0.3, 0.4) is 0 Å². The molecular weight excluding hydrogens is 439 g/mol. The number of alkyl halides is 1. The smallest absolute Gasteiger partial charge is 0.175 e. The van der Waals surface area contributed by atoms with Gasteiger partial charge in [-0.2, -0.15) is 0 Å². The summed E-state index contributed by atoms with van der Waals surface area (Å²) in [6, 6.07) is 10.7. The lowest BCUT2D eigenvalue weighted by atomic mass is 10.0. The number of benzene rings is 2. The van der Waals surface area contributed by atoms with Gasteiger partial charge in [0.25, 0.3) is 0 Å². The molecule has 0 aliphatic rings. The van der Waals surface area contributed by atoms with Crippen molar-refractivity contribution in [1.82, 2.24) is 0 Å². The highest BCUT2D eigenvalue weighted by Gasteiger charge is 2.17. The average Bonchev–Trinajstić information content (AvgIpc) is 2.41. The predicted octanol–water partition coefficient (Wildman–Crippen LogP) is 5.25. The van der Waals surface area contributed by atoms with Gasteiger partial charge in [-0.15, -0.1) is 11.6 Å². The molecule has 0 spiro atoms. The van der Waals surface area contributed by atoms with Crippen LogP contribution in [0, 0.1) is 6.92 Å². The Morgan fingerprint density at radius 2 is 1.76 bits per heavy atom. The van der Waals surface area contributed by atoms with Gasteiger partial charge in [-0.1, -0.05) is 44.0 Å². The van der Waals surface area contributed by atoms with Crippen LogP contribution >= 0.6 is 43.5 Å². The minimum atomic E-state index is -3.25. The van der Waals surface area contributed by atoms with Crippen molar-refractivity contribution >= 4 is 53.3 Å². The van der Waals surface area contributed by atoms with Gasteiger partial charge in [0.1, 0.15) is 0 Å². The molecule has 0 heterocycles. The second-order valence-electron chi connectivity index (χ2n) is 4.83. The number of hydrogen-bond donors (Lipinski definition) is 0. The van der Waals surface area contributed by atoms with E-state index >= 15 is 0 Å². The third-order valence-corrected chi connectivity index (χ3v) is 6.27. The van der Waals surface area contributed by atoms with Gasteiger partial charge in [-0.3, -0.25) is 0 Å². The predicted molar refractivity (Wildman–Crippen MR) is 93.8 cm³/mol. The average molecular weight is 453 g/mol. The highest BCUT2D eigenvalue weighted by Crippen LogP contribution is 2.37. The van der Waals surface area contributed by atoms with Crippen LogP contribution in [-0.2, 0) is 9.84 Å². The molecule has 0 fully saturated rings. The molecule has 2 rings (SSSR count). The molecule has 0 bridgehead atoms. The molecule has 0 saturated carbocycles. The van der Waals surface area contributed by atoms with Crippen LogP contribution in [-0.4, -0.2) is 14.7 Å². The van der Waals surface area contributed by atoms with Gasteiger partial charge >= 0.3 is 0 Å². The second kappa shape index (κ2) is 6.41. The van der Waals surface area contributed by atoms with E-state index in [9.17, 15) is 8.42 Å². The Balaban J connectivity index is 2.50. The molecule has 0 radical (unpaired) electrons. The zero-order valence-corrected chi connectivity index (χ0v) is 16.1. The molecule has 0 aliphatic carbocycles. The number of sulfone groups is 1. The summed E-state index contributed by atoms with van der Waals surface area (Å²) in [4.78, 5) is 0.271. The van der Waals surface area contributed by atoms with Crippen LogP contribution in [0.4, 0.5) is 0 Å².